The number of nitro groups is 2. The maximum absolute atomic E-state index is 13.2. The van der Waals surface area contributed by atoms with Gasteiger partial charge in [0, 0.05) is 36.1 Å². The van der Waals surface area contributed by atoms with Gasteiger partial charge in [-0.05, 0) is 26.8 Å². The van der Waals surface area contributed by atoms with Gasteiger partial charge in [-0.15, -0.1) is 0 Å². The third-order valence-electron chi connectivity index (χ3n) is 4.94. The molecule has 0 unspecified atom stereocenters. The number of aryl methyl sites for hydroxylation is 1. The Labute approximate surface area is 184 Å². The van der Waals surface area contributed by atoms with Crippen molar-refractivity contribution in [3.63, 3.8) is 0 Å². The van der Waals surface area contributed by atoms with Gasteiger partial charge >= 0.3 is 11.9 Å². The third-order valence-corrected chi connectivity index (χ3v) is 4.94. The molecule has 0 heterocycles. The highest BCUT2D eigenvalue weighted by Gasteiger charge is 2.51. The lowest BCUT2D eigenvalue weighted by Gasteiger charge is -2.29. The van der Waals surface area contributed by atoms with E-state index >= 15 is 0 Å². The summed E-state index contributed by atoms with van der Waals surface area (Å²) >= 11 is 0. The van der Waals surface area contributed by atoms with Crippen LogP contribution >= 0.6 is 0 Å². The average Bonchev–Trinajstić information content (AvgIpc) is 2.73. The smallest absolute Gasteiger partial charge is 0.324 e. The molecule has 0 saturated heterocycles. The summed E-state index contributed by atoms with van der Waals surface area (Å²) in [5.41, 5.74) is -1.72. The predicted octanol–water partition coefficient (Wildman–Crippen LogP) is 3.71. The second-order valence-corrected chi connectivity index (χ2v) is 7.15. The minimum atomic E-state index is -2.06. The summed E-state index contributed by atoms with van der Waals surface area (Å²) in [7, 11) is 0. The maximum atomic E-state index is 13.2. The SMILES string of the molecule is CCOC(=O)C(Cc1ccccc1[N+](=O)[O-])(Cc1cc(C)ccc1[N+](=O)[O-])C(=O)OCC. The fourth-order valence-corrected chi connectivity index (χ4v) is 3.50. The molecule has 10 nitrogen and oxygen atoms in total. The van der Waals surface area contributed by atoms with Crippen LogP contribution in [0.1, 0.15) is 30.5 Å². The molecule has 0 saturated carbocycles. The Balaban J connectivity index is 2.74. The molecule has 0 aliphatic heterocycles. The molecular formula is C22H24N2O8. The molecule has 2 aromatic rings. The van der Waals surface area contributed by atoms with E-state index in [0.717, 1.165) is 0 Å². The second kappa shape index (κ2) is 10.5. The molecule has 170 valence electrons. The van der Waals surface area contributed by atoms with Crippen molar-refractivity contribution in [1.29, 1.82) is 0 Å². The summed E-state index contributed by atoms with van der Waals surface area (Å²) in [6.45, 7) is 4.69. The number of esters is 2. The van der Waals surface area contributed by atoms with Crippen LogP contribution in [0.25, 0.3) is 0 Å². The number of rotatable bonds is 10. The van der Waals surface area contributed by atoms with Crippen molar-refractivity contribution < 1.29 is 28.9 Å². The largest absolute Gasteiger partial charge is 0.465 e. The third kappa shape index (κ3) is 5.26. The molecule has 0 amide bonds. The van der Waals surface area contributed by atoms with Gasteiger partial charge in [0.05, 0.1) is 23.1 Å². The number of ether oxygens (including phenoxy) is 2. The summed E-state index contributed by atoms with van der Waals surface area (Å²) in [5, 5.41) is 23.1. The predicted molar refractivity (Wildman–Crippen MR) is 114 cm³/mol. The minimum Gasteiger partial charge on any atom is -0.465 e. The number of hydrogen-bond donors (Lipinski definition) is 0. The first-order valence-electron chi connectivity index (χ1n) is 9.97. The molecule has 10 heteroatoms. The monoisotopic (exact) mass is 444 g/mol. The van der Waals surface area contributed by atoms with Crippen LogP contribution in [0.4, 0.5) is 11.4 Å². The Morgan fingerprint density at radius 3 is 1.88 bits per heavy atom. The van der Waals surface area contributed by atoms with E-state index in [4.69, 9.17) is 9.47 Å². The first-order chi connectivity index (χ1) is 15.2. The van der Waals surface area contributed by atoms with Crippen molar-refractivity contribution in [2.45, 2.75) is 33.6 Å². The van der Waals surface area contributed by atoms with Gasteiger partial charge in [-0.2, -0.15) is 0 Å². The quantitative estimate of drug-likeness (QED) is 0.234. The van der Waals surface area contributed by atoms with Gasteiger partial charge in [0.2, 0.25) is 0 Å². The average molecular weight is 444 g/mol. The number of benzene rings is 2. The molecule has 0 spiro atoms. The van der Waals surface area contributed by atoms with Crippen LogP contribution < -0.4 is 0 Å². The van der Waals surface area contributed by atoms with Crippen molar-refractivity contribution in [1.82, 2.24) is 0 Å². The van der Waals surface area contributed by atoms with Crippen molar-refractivity contribution in [2.24, 2.45) is 5.41 Å². The number of hydrogen-bond acceptors (Lipinski definition) is 8. The number of carbonyl (C=O) groups excluding carboxylic acids is 2. The van der Waals surface area contributed by atoms with Crippen LogP contribution in [0.3, 0.4) is 0 Å². The van der Waals surface area contributed by atoms with Crippen molar-refractivity contribution in [3.05, 3.63) is 79.4 Å². The minimum absolute atomic E-state index is 0.0627. The van der Waals surface area contributed by atoms with E-state index in [9.17, 15) is 29.8 Å². The zero-order valence-electron chi connectivity index (χ0n) is 18.0. The first-order valence-corrected chi connectivity index (χ1v) is 9.97. The number of carbonyl (C=O) groups is 2. The van der Waals surface area contributed by atoms with Crippen LogP contribution in [0.15, 0.2) is 42.5 Å². The fraction of sp³-hybridized carbons (Fsp3) is 0.364. The molecule has 0 radical (unpaired) electrons. The topological polar surface area (TPSA) is 139 Å². The molecule has 0 aliphatic carbocycles. The molecule has 2 aromatic carbocycles. The standard InChI is InChI=1S/C22H24N2O8/c1-4-31-20(25)22(21(26)32-5-2,13-16-8-6-7-9-18(16)23(27)28)14-17-12-15(3)10-11-19(17)24(29)30/h6-12H,4-5,13-14H2,1-3H3. The lowest BCUT2D eigenvalue weighted by Crippen LogP contribution is -2.46. The van der Waals surface area contributed by atoms with E-state index in [1.165, 1.54) is 30.3 Å². The van der Waals surface area contributed by atoms with Gasteiger partial charge in [0.25, 0.3) is 11.4 Å². The van der Waals surface area contributed by atoms with E-state index in [-0.39, 0.29) is 35.7 Å². The molecule has 0 aromatic heterocycles. The van der Waals surface area contributed by atoms with Gasteiger partial charge in [0.1, 0.15) is 0 Å². The highest BCUT2D eigenvalue weighted by Crippen LogP contribution is 2.37. The van der Waals surface area contributed by atoms with E-state index < -0.39 is 40.0 Å². The zero-order chi connectivity index (χ0) is 23.9. The van der Waals surface area contributed by atoms with Gasteiger partial charge in [-0.3, -0.25) is 29.8 Å². The van der Waals surface area contributed by atoms with Crippen molar-refractivity contribution >= 4 is 23.3 Å². The Morgan fingerprint density at radius 2 is 1.34 bits per heavy atom. The lowest BCUT2D eigenvalue weighted by atomic mass is 9.75. The molecular weight excluding hydrogens is 420 g/mol. The lowest BCUT2D eigenvalue weighted by molar-refractivity contribution is -0.385. The van der Waals surface area contributed by atoms with Crippen LogP contribution in [0, 0.1) is 32.6 Å². The van der Waals surface area contributed by atoms with E-state index in [2.05, 4.69) is 0 Å². The Hall–Kier alpha value is -3.82. The van der Waals surface area contributed by atoms with Crippen LogP contribution in [0.5, 0.6) is 0 Å². The number of nitrogens with zero attached hydrogens (tertiary/aromatic N) is 2. The summed E-state index contributed by atoms with van der Waals surface area (Å²) < 4.78 is 10.3. The first kappa shape index (κ1) is 24.4. The molecule has 0 fully saturated rings. The van der Waals surface area contributed by atoms with Gasteiger partial charge in [-0.25, -0.2) is 0 Å². The molecule has 32 heavy (non-hydrogen) atoms. The number of nitro benzene ring substituents is 2. The summed E-state index contributed by atoms with van der Waals surface area (Å²) in [4.78, 5) is 48.2. The van der Waals surface area contributed by atoms with E-state index in [1.54, 1.807) is 32.9 Å². The van der Waals surface area contributed by atoms with Gasteiger partial charge in [0.15, 0.2) is 5.41 Å². The zero-order valence-corrected chi connectivity index (χ0v) is 18.0. The molecule has 0 atom stereocenters. The Bertz CT molecular complexity index is 1020. The highest BCUT2D eigenvalue weighted by atomic mass is 16.6. The summed E-state index contributed by atoms with van der Waals surface area (Å²) in [5.74, 6) is -1.93. The molecule has 0 N–H and O–H groups in total. The van der Waals surface area contributed by atoms with E-state index in [0.29, 0.717) is 5.56 Å². The van der Waals surface area contributed by atoms with Crippen LogP contribution in [-0.2, 0) is 31.9 Å². The van der Waals surface area contributed by atoms with Crippen LogP contribution in [0.2, 0.25) is 0 Å². The fourth-order valence-electron chi connectivity index (χ4n) is 3.50. The molecule has 0 bridgehead atoms. The highest BCUT2D eigenvalue weighted by molar-refractivity contribution is 6.01. The van der Waals surface area contributed by atoms with Crippen molar-refractivity contribution in [2.75, 3.05) is 13.2 Å². The maximum Gasteiger partial charge on any atom is 0.324 e. The number of para-hydroxylation sites is 1. The molecule has 0 aliphatic rings. The molecule has 2 rings (SSSR count). The summed E-state index contributed by atoms with van der Waals surface area (Å²) in [6.07, 6.45) is -0.846. The van der Waals surface area contributed by atoms with Gasteiger partial charge in [-0.1, -0.05) is 29.8 Å². The van der Waals surface area contributed by atoms with Crippen LogP contribution in [-0.4, -0.2) is 35.0 Å². The van der Waals surface area contributed by atoms with Gasteiger partial charge < -0.3 is 9.47 Å². The van der Waals surface area contributed by atoms with E-state index in [1.807, 2.05) is 0 Å². The Kier molecular flexibility index (Phi) is 8.00. The Morgan fingerprint density at radius 1 is 0.844 bits per heavy atom. The second-order valence-electron chi connectivity index (χ2n) is 7.15. The van der Waals surface area contributed by atoms with Crippen molar-refractivity contribution in [3.8, 4) is 0 Å². The summed E-state index contributed by atoms with van der Waals surface area (Å²) in [6, 6.07) is 10.0. The normalized spacial score (nSPS) is 11.0.